The summed E-state index contributed by atoms with van der Waals surface area (Å²) >= 11 is 0. The van der Waals surface area contributed by atoms with E-state index in [0.29, 0.717) is 12.8 Å². The van der Waals surface area contributed by atoms with Gasteiger partial charge in [-0.25, -0.2) is 0 Å². The third-order valence-electron chi connectivity index (χ3n) is 4.96. The molecule has 1 aliphatic carbocycles. The average molecular weight is 335 g/mol. The van der Waals surface area contributed by atoms with Gasteiger partial charge in [0.05, 0.1) is 6.04 Å². The van der Waals surface area contributed by atoms with Gasteiger partial charge in [-0.15, -0.1) is 0 Å². The van der Waals surface area contributed by atoms with Crippen LogP contribution < -0.4 is 10.9 Å². The van der Waals surface area contributed by atoms with Gasteiger partial charge in [0.15, 0.2) is 0 Å². The topological polar surface area (TPSA) is 77.8 Å². The van der Waals surface area contributed by atoms with Crippen molar-refractivity contribution in [1.82, 2.24) is 15.3 Å². The van der Waals surface area contributed by atoms with Crippen molar-refractivity contribution in [2.24, 2.45) is 0 Å². The number of H-pyrrole nitrogens is 2. The highest BCUT2D eigenvalue weighted by Gasteiger charge is 2.22. The fourth-order valence-electron chi connectivity index (χ4n) is 3.70. The number of carbonyl (C=O) groups excluding carboxylic acids is 1. The van der Waals surface area contributed by atoms with Crippen molar-refractivity contribution >= 4 is 16.8 Å². The van der Waals surface area contributed by atoms with Crippen molar-refractivity contribution in [1.29, 1.82) is 0 Å². The second-order valence-electron chi connectivity index (χ2n) is 6.63. The van der Waals surface area contributed by atoms with Crippen molar-refractivity contribution in [3.05, 3.63) is 69.8 Å². The Kier molecular flexibility index (Phi) is 4.14. The first kappa shape index (κ1) is 15.7. The summed E-state index contributed by atoms with van der Waals surface area (Å²) in [6.07, 6.45) is 5.90. The number of aromatic nitrogens is 2. The smallest absolute Gasteiger partial charge is 0.248 e. The number of aryl methyl sites for hydroxylation is 2. The van der Waals surface area contributed by atoms with Crippen molar-refractivity contribution in [3.63, 3.8) is 0 Å². The van der Waals surface area contributed by atoms with Crippen LogP contribution in [0.3, 0.4) is 0 Å². The fourth-order valence-corrected chi connectivity index (χ4v) is 3.70. The molecule has 2 heterocycles. The molecule has 0 bridgehead atoms. The fraction of sp³-hybridized carbons (Fsp3) is 0.300. The molecular weight excluding hydrogens is 314 g/mol. The van der Waals surface area contributed by atoms with E-state index < -0.39 is 0 Å². The van der Waals surface area contributed by atoms with E-state index in [-0.39, 0.29) is 17.5 Å². The van der Waals surface area contributed by atoms with Gasteiger partial charge in [-0.3, -0.25) is 9.59 Å². The van der Waals surface area contributed by atoms with E-state index in [1.54, 1.807) is 0 Å². The van der Waals surface area contributed by atoms with Crippen LogP contribution in [-0.4, -0.2) is 15.9 Å². The van der Waals surface area contributed by atoms with Gasteiger partial charge in [-0.1, -0.05) is 18.2 Å². The molecule has 0 saturated carbocycles. The second kappa shape index (κ2) is 6.59. The highest BCUT2D eigenvalue weighted by atomic mass is 16.1. The lowest BCUT2D eigenvalue weighted by atomic mass is 9.91. The molecule has 0 aliphatic heterocycles. The van der Waals surface area contributed by atoms with E-state index in [0.717, 1.165) is 36.0 Å². The van der Waals surface area contributed by atoms with Crippen molar-refractivity contribution in [2.45, 2.75) is 38.1 Å². The van der Waals surface area contributed by atoms with E-state index in [9.17, 15) is 9.59 Å². The van der Waals surface area contributed by atoms with Crippen LogP contribution in [0.4, 0.5) is 0 Å². The van der Waals surface area contributed by atoms with Crippen LogP contribution in [0.2, 0.25) is 0 Å². The predicted molar refractivity (Wildman–Crippen MR) is 97.5 cm³/mol. The highest BCUT2D eigenvalue weighted by molar-refractivity contribution is 5.84. The maximum Gasteiger partial charge on any atom is 0.248 e. The molecule has 0 spiro atoms. The first-order valence-corrected chi connectivity index (χ1v) is 8.77. The van der Waals surface area contributed by atoms with Crippen molar-refractivity contribution in [3.8, 4) is 0 Å². The van der Waals surface area contributed by atoms with Crippen LogP contribution in [0.5, 0.6) is 0 Å². The number of aromatic amines is 2. The highest BCUT2D eigenvalue weighted by Crippen LogP contribution is 2.27. The number of nitrogens with one attached hydrogen (secondary N) is 3. The molecule has 25 heavy (non-hydrogen) atoms. The number of para-hydroxylation sites is 1. The molecule has 0 fully saturated rings. The van der Waals surface area contributed by atoms with Gasteiger partial charge in [0.2, 0.25) is 11.5 Å². The predicted octanol–water partition coefficient (Wildman–Crippen LogP) is 2.98. The van der Waals surface area contributed by atoms with E-state index in [4.69, 9.17) is 0 Å². The Bertz CT molecular complexity index is 970. The molecule has 5 heteroatoms. The Morgan fingerprint density at radius 3 is 3.00 bits per heavy atom. The summed E-state index contributed by atoms with van der Waals surface area (Å²) in [6, 6.07) is 11.5. The quantitative estimate of drug-likeness (QED) is 0.685. The van der Waals surface area contributed by atoms with E-state index >= 15 is 0 Å². The Hall–Kier alpha value is -2.82. The summed E-state index contributed by atoms with van der Waals surface area (Å²) in [5.41, 5.74) is 4.19. The lowest BCUT2D eigenvalue weighted by Gasteiger charge is -2.25. The van der Waals surface area contributed by atoms with Crippen molar-refractivity contribution < 1.29 is 4.79 Å². The molecule has 0 saturated heterocycles. The molecule has 3 N–H and O–H groups in total. The molecular formula is C20H21N3O2. The third kappa shape index (κ3) is 3.22. The summed E-state index contributed by atoms with van der Waals surface area (Å²) in [5, 5.41) is 4.31. The van der Waals surface area contributed by atoms with Gasteiger partial charge in [0, 0.05) is 35.3 Å². The van der Waals surface area contributed by atoms with Gasteiger partial charge in [-0.05, 0) is 48.9 Å². The van der Waals surface area contributed by atoms with Gasteiger partial charge in [-0.2, -0.15) is 0 Å². The number of carbonyl (C=O) groups is 1. The average Bonchev–Trinajstić information content (AvgIpc) is 3.03. The normalized spacial score (nSPS) is 16.6. The van der Waals surface area contributed by atoms with E-state index in [2.05, 4.69) is 21.4 Å². The number of hydrogen-bond acceptors (Lipinski definition) is 2. The molecule has 128 valence electrons. The number of benzene rings is 1. The Morgan fingerprint density at radius 2 is 2.08 bits per heavy atom. The summed E-state index contributed by atoms with van der Waals surface area (Å²) < 4.78 is 0. The maximum absolute atomic E-state index is 12.4. The van der Waals surface area contributed by atoms with Crippen LogP contribution in [0.25, 0.3) is 10.9 Å². The molecule has 1 atom stereocenters. The standard InChI is InChI=1S/C20H21N3O2/c24-19(10-8-13-12-21-16-5-2-1-4-14(13)16)22-17-6-3-7-18-15(17)9-11-20(25)23-18/h1-2,4-5,9,11-12,17,21H,3,6-8,10H2,(H,22,24)(H,23,25)/t17-/m0/s1. The van der Waals surface area contributed by atoms with E-state index in [1.807, 2.05) is 30.5 Å². The summed E-state index contributed by atoms with van der Waals surface area (Å²) in [4.78, 5) is 30.0. The minimum absolute atomic E-state index is 0.00364. The monoisotopic (exact) mass is 335 g/mol. The lowest BCUT2D eigenvalue weighted by Crippen LogP contribution is -2.32. The molecule has 3 aromatic rings. The SMILES string of the molecule is O=C(CCc1c[nH]c2ccccc12)N[C@H]1CCCc2[nH]c(=O)ccc21. The number of amides is 1. The van der Waals surface area contributed by atoms with Crippen LogP contribution in [-0.2, 0) is 17.6 Å². The third-order valence-corrected chi connectivity index (χ3v) is 4.96. The molecule has 0 radical (unpaired) electrons. The molecule has 1 aromatic carbocycles. The van der Waals surface area contributed by atoms with Crippen LogP contribution in [0.15, 0.2) is 47.4 Å². The molecule has 4 rings (SSSR count). The summed E-state index contributed by atoms with van der Waals surface area (Å²) in [5.74, 6) is 0.0503. The largest absolute Gasteiger partial charge is 0.361 e. The Balaban J connectivity index is 1.42. The summed E-state index contributed by atoms with van der Waals surface area (Å²) in [6.45, 7) is 0. The first-order chi connectivity index (χ1) is 12.2. The lowest BCUT2D eigenvalue weighted by molar-refractivity contribution is -0.121. The zero-order chi connectivity index (χ0) is 17.2. The molecule has 1 aliphatic rings. The molecule has 0 unspecified atom stereocenters. The number of fused-ring (bicyclic) bond motifs is 2. The summed E-state index contributed by atoms with van der Waals surface area (Å²) in [7, 11) is 0. The maximum atomic E-state index is 12.4. The minimum atomic E-state index is -0.0786. The Labute approximate surface area is 145 Å². The van der Waals surface area contributed by atoms with Crippen LogP contribution in [0.1, 0.15) is 42.1 Å². The van der Waals surface area contributed by atoms with E-state index in [1.165, 1.54) is 17.0 Å². The number of hydrogen-bond donors (Lipinski definition) is 3. The molecule has 5 nitrogen and oxygen atoms in total. The molecule has 2 aromatic heterocycles. The number of pyridine rings is 1. The first-order valence-electron chi connectivity index (χ1n) is 8.77. The zero-order valence-electron chi connectivity index (χ0n) is 14.0. The van der Waals surface area contributed by atoms with Crippen LogP contribution in [0, 0.1) is 0 Å². The zero-order valence-corrected chi connectivity index (χ0v) is 14.0. The Morgan fingerprint density at radius 1 is 1.20 bits per heavy atom. The van der Waals surface area contributed by atoms with Gasteiger partial charge in [0.25, 0.3) is 0 Å². The van der Waals surface area contributed by atoms with Gasteiger partial charge in [0.1, 0.15) is 0 Å². The van der Waals surface area contributed by atoms with Crippen LogP contribution >= 0.6 is 0 Å². The van der Waals surface area contributed by atoms with Crippen molar-refractivity contribution in [2.75, 3.05) is 0 Å². The van der Waals surface area contributed by atoms with Gasteiger partial charge >= 0.3 is 0 Å². The second-order valence-corrected chi connectivity index (χ2v) is 6.63. The van der Waals surface area contributed by atoms with Gasteiger partial charge < -0.3 is 15.3 Å². The number of rotatable bonds is 4. The minimum Gasteiger partial charge on any atom is -0.361 e. The molecule has 1 amide bonds.